The zero-order chi connectivity index (χ0) is 10.8. The van der Waals surface area contributed by atoms with Crippen molar-refractivity contribution in [3.8, 4) is 5.75 Å². The summed E-state index contributed by atoms with van der Waals surface area (Å²) in [5, 5.41) is 10.2. The molecule has 1 N–H and O–H groups in total. The topological polar surface area (TPSA) is 33.3 Å². The molecule has 88 valence electrons. The number of hydrogen-bond acceptors (Lipinski definition) is 3. The second-order valence-corrected chi connectivity index (χ2v) is 4.56. The van der Waals surface area contributed by atoms with Crippen LogP contribution in [0.25, 0.3) is 10.2 Å². The van der Waals surface area contributed by atoms with Gasteiger partial charge in [0.05, 0.1) is 13.2 Å². The quantitative estimate of drug-likeness (QED) is 0.540. The molecular formula is C11H14INO2S. The SMILES string of the molecule is COc1ccc2sc(C)[n+](CCO)c2c1.[I-]. The first-order chi connectivity index (χ1) is 7.26. The fourth-order valence-electron chi connectivity index (χ4n) is 1.68. The molecule has 1 heterocycles. The van der Waals surface area contributed by atoms with Crippen molar-refractivity contribution >= 4 is 21.6 Å². The highest BCUT2D eigenvalue weighted by molar-refractivity contribution is 7.18. The number of fused-ring (bicyclic) bond motifs is 1. The van der Waals surface area contributed by atoms with E-state index in [0.29, 0.717) is 6.54 Å². The molecule has 16 heavy (non-hydrogen) atoms. The Balaban J connectivity index is 0.00000128. The number of benzene rings is 1. The van der Waals surface area contributed by atoms with Gasteiger partial charge in [-0.3, -0.25) is 0 Å². The highest BCUT2D eigenvalue weighted by atomic mass is 127. The van der Waals surface area contributed by atoms with Gasteiger partial charge in [-0.1, -0.05) is 11.3 Å². The summed E-state index contributed by atoms with van der Waals surface area (Å²) in [7, 11) is 1.66. The van der Waals surface area contributed by atoms with Crippen molar-refractivity contribution in [2.24, 2.45) is 0 Å². The van der Waals surface area contributed by atoms with E-state index in [9.17, 15) is 0 Å². The molecule has 0 bridgehead atoms. The number of ether oxygens (including phenoxy) is 1. The van der Waals surface area contributed by atoms with Gasteiger partial charge in [-0.2, -0.15) is 4.57 Å². The summed E-state index contributed by atoms with van der Waals surface area (Å²) >= 11 is 1.73. The fourth-order valence-corrected chi connectivity index (χ4v) is 2.71. The van der Waals surface area contributed by atoms with Crippen molar-refractivity contribution < 1.29 is 38.4 Å². The second kappa shape index (κ2) is 5.79. The van der Waals surface area contributed by atoms with Crippen LogP contribution in [-0.4, -0.2) is 18.8 Å². The van der Waals surface area contributed by atoms with Gasteiger partial charge in [-0.25, -0.2) is 0 Å². The van der Waals surface area contributed by atoms with Crippen LogP contribution in [0.1, 0.15) is 5.01 Å². The van der Waals surface area contributed by atoms with Crippen LogP contribution in [0.3, 0.4) is 0 Å². The number of rotatable bonds is 3. The molecule has 0 saturated heterocycles. The van der Waals surface area contributed by atoms with E-state index in [1.807, 2.05) is 12.1 Å². The molecule has 1 aromatic heterocycles. The van der Waals surface area contributed by atoms with Crippen molar-refractivity contribution in [1.29, 1.82) is 0 Å². The molecule has 3 nitrogen and oxygen atoms in total. The molecule has 0 radical (unpaired) electrons. The molecule has 0 fully saturated rings. The maximum atomic E-state index is 9.00. The summed E-state index contributed by atoms with van der Waals surface area (Å²) in [6.07, 6.45) is 0. The Bertz CT molecular complexity index is 484. The normalized spacial score (nSPS) is 10.2. The largest absolute Gasteiger partial charge is 1.00 e. The lowest BCUT2D eigenvalue weighted by molar-refractivity contribution is -0.674. The number of aliphatic hydroxyl groups excluding tert-OH is 1. The molecule has 5 heteroatoms. The van der Waals surface area contributed by atoms with Crippen LogP contribution in [0.2, 0.25) is 0 Å². The van der Waals surface area contributed by atoms with E-state index in [1.54, 1.807) is 18.4 Å². The molecule has 0 aliphatic heterocycles. The average Bonchev–Trinajstić information content (AvgIpc) is 2.55. The minimum atomic E-state index is 0. The van der Waals surface area contributed by atoms with E-state index in [0.717, 1.165) is 11.3 Å². The standard InChI is InChI=1S/C11H14NO2S.HI/c1-8-12(5-6-13)10-7-9(14-2)3-4-11(10)15-8;/h3-4,7,13H,5-6H2,1-2H3;1H/q+1;/p-1. The number of thiazole rings is 1. The molecule has 0 aliphatic carbocycles. The molecule has 0 spiro atoms. The van der Waals surface area contributed by atoms with E-state index in [4.69, 9.17) is 9.84 Å². The Morgan fingerprint density at radius 1 is 1.44 bits per heavy atom. The van der Waals surface area contributed by atoms with E-state index >= 15 is 0 Å². The van der Waals surface area contributed by atoms with Crippen LogP contribution in [0.15, 0.2) is 18.2 Å². The van der Waals surface area contributed by atoms with Gasteiger partial charge in [0.1, 0.15) is 17.1 Å². The lowest BCUT2D eigenvalue weighted by atomic mass is 10.3. The number of aryl methyl sites for hydroxylation is 1. The molecule has 0 aliphatic rings. The first-order valence-corrected chi connectivity index (χ1v) is 5.65. The van der Waals surface area contributed by atoms with Crippen molar-refractivity contribution in [2.45, 2.75) is 13.5 Å². The van der Waals surface area contributed by atoms with Gasteiger partial charge < -0.3 is 33.8 Å². The summed E-state index contributed by atoms with van der Waals surface area (Å²) < 4.78 is 8.53. The first kappa shape index (κ1) is 13.7. The van der Waals surface area contributed by atoms with Gasteiger partial charge in [0.2, 0.25) is 10.5 Å². The van der Waals surface area contributed by atoms with Crippen LogP contribution < -0.4 is 33.3 Å². The van der Waals surface area contributed by atoms with Crippen LogP contribution >= 0.6 is 11.3 Å². The average molecular weight is 351 g/mol. The zero-order valence-electron chi connectivity index (χ0n) is 9.24. The highest BCUT2D eigenvalue weighted by Gasteiger charge is 2.16. The van der Waals surface area contributed by atoms with Gasteiger partial charge in [-0.15, -0.1) is 0 Å². The summed E-state index contributed by atoms with van der Waals surface area (Å²) in [4.78, 5) is 0. The van der Waals surface area contributed by atoms with Gasteiger partial charge in [0, 0.05) is 6.92 Å². The first-order valence-electron chi connectivity index (χ1n) is 4.84. The minimum Gasteiger partial charge on any atom is -1.00 e. The number of aromatic nitrogens is 1. The van der Waals surface area contributed by atoms with Crippen LogP contribution in [0.5, 0.6) is 5.75 Å². The molecule has 0 unspecified atom stereocenters. The highest BCUT2D eigenvalue weighted by Crippen LogP contribution is 2.24. The molecule has 2 aromatic rings. The Kier molecular flexibility index (Phi) is 4.94. The van der Waals surface area contributed by atoms with Crippen LogP contribution in [0.4, 0.5) is 0 Å². The summed E-state index contributed by atoms with van der Waals surface area (Å²) in [6, 6.07) is 6.02. The third kappa shape index (κ3) is 2.46. The van der Waals surface area contributed by atoms with Gasteiger partial charge >= 0.3 is 0 Å². The molecular weight excluding hydrogens is 337 g/mol. The number of methoxy groups -OCH3 is 1. The number of halogens is 1. The predicted octanol–water partition coefficient (Wildman–Crippen LogP) is -1.50. The van der Waals surface area contributed by atoms with Gasteiger partial charge in [-0.05, 0) is 12.1 Å². The molecule has 2 rings (SSSR count). The van der Waals surface area contributed by atoms with E-state index < -0.39 is 0 Å². The summed E-state index contributed by atoms with van der Waals surface area (Å²) in [6.45, 7) is 2.86. The molecule has 1 aromatic carbocycles. The van der Waals surface area contributed by atoms with E-state index in [-0.39, 0.29) is 30.6 Å². The van der Waals surface area contributed by atoms with E-state index in [1.165, 1.54) is 9.71 Å². The lowest BCUT2D eigenvalue weighted by Gasteiger charge is -1.97. The van der Waals surface area contributed by atoms with E-state index in [2.05, 4.69) is 17.6 Å². The Morgan fingerprint density at radius 3 is 2.81 bits per heavy atom. The second-order valence-electron chi connectivity index (χ2n) is 3.33. The monoisotopic (exact) mass is 351 g/mol. The zero-order valence-corrected chi connectivity index (χ0v) is 12.2. The van der Waals surface area contributed by atoms with Crippen molar-refractivity contribution in [2.75, 3.05) is 13.7 Å². The Hall–Kier alpha value is -0.400. The third-order valence-corrected chi connectivity index (χ3v) is 3.50. The van der Waals surface area contributed by atoms with Crippen molar-refractivity contribution in [3.63, 3.8) is 0 Å². The van der Waals surface area contributed by atoms with Crippen LogP contribution in [0, 0.1) is 6.92 Å². The fraction of sp³-hybridized carbons (Fsp3) is 0.364. The Morgan fingerprint density at radius 2 is 2.19 bits per heavy atom. The Labute approximate surface area is 116 Å². The lowest BCUT2D eigenvalue weighted by Crippen LogP contribution is -3.00. The molecule has 0 atom stereocenters. The smallest absolute Gasteiger partial charge is 0.235 e. The maximum absolute atomic E-state index is 9.00. The maximum Gasteiger partial charge on any atom is 0.235 e. The number of nitrogens with zero attached hydrogens (tertiary/aromatic N) is 1. The summed E-state index contributed by atoms with van der Waals surface area (Å²) in [5.74, 6) is 0.854. The summed E-state index contributed by atoms with van der Waals surface area (Å²) in [5.41, 5.74) is 1.13. The third-order valence-electron chi connectivity index (χ3n) is 2.42. The molecule has 0 saturated carbocycles. The molecule has 0 amide bonds. The van der Waals surface area contributed by atoms with Gasteiger partial charge in [0.15, 0.2) is 6.54 Å². The van der Waals surface area contributed by atoms with Crippen LogP contribution in [-0.2, 0) is 6.54 Å². The van der Waals surface area contributed by atoms with Crippen molar-refractivity contribution in [3.05, 3.63) is 23.2 Å². The minimum absolute atomic E-state index is 0. The van der Waals surface area contributed by atoms with Gasteiger partial charge in [0.25, 0.3) is 0 Å². The number of aliphatic hydroxyl groups is 1. The number of hydrogen-bond donors (Lipinski definition) is 1. The predicted molar refractivity (Wildman–Crippen MR) is 60.4 cm³/mol. The van der Waals surface area contributed by atoms with Crippen molar-refractivity contribution in [1.82, 2.24) is 0 Å².